The number of carbonyl (C=O) groups is 1. The van der Waals surface area contributed by atoms with Crippen molar-refractivity contribution in [2.45, 2.75) is 26.8 Å². The van der Waals surface area contributed by atoms with E-state index in [1.165, 1.54) is 0 Å². The van der Waals surface area contributed by atoms with Gasteiger partial charge in [-0.25, -0.2) is 9.97 Å². The third-order valence-corrected chi connectivity index (χ3v) is 3.17. The number of hydrogen-bond acceptors (Lipinski definition) is 4. The number of nitrogens with one attached hydrogen (secondary N) is 2. The molecule has 5 nitrogen and oxygen atoms in total. The fourth-order valence-corrected chi connectivity index (χ4v) is 2.08. The van der Waals surface area contributed by atoms with E-state index in [4.69, 9.17) is 0 Å². The van der Waals surface area contributed by atoms with Crippen LogP contribution in [0, 0.1) is 6.92 Å². The van der Waals surface area contributed by atoms with Gasteiger partial charge in [0.2, 0.25) is 0 Å². The van der Waals surface area contributed by atoms with E-state index in [9.17, 15) is 4.79 Å². The minimum Gasteiger partial charge on any atom is -0.350 e. The van der Waals surface area contributed by atoms with Crippen LogP contribution in [0.4, 0.5) is 11.5 Å². The van der Waals surface area contributed by atoms with Crippen molar-refractivity contribution < 1.29 is 4.79 Å². The quantitative estimate of drug-likeness (QED) is 0.830. The van der Waals surface area contributed by atoms with Gasteiger partial charge in [0, 0.05) is 17.8 Å². The number of nitrogens with zero attached hydrogens (tertiary/aromatic N) is 2. The highest BCUT2D eigenvalue weighted by atomic mass is 79.9. The Labute approximate surface area is 132 Å². The third-order valence-electron chi connectivity index (χ3n) is 2.79. The number of hydrogen-bond donors (Lipinski definition) is 2. The molecule has 2 aromatic rings. The average Bonchev–Trinajstić information content (AvgIpc) is 2.42. The number of rotatable bonds is 4. The number of amides is 1. The number of carbonyl (C=O) groups excluding carboxylic acids is 1. The van der Waals surface area contributed by atoms with Gasteiger partial charge in [-0.2, -0.15) is 0 Å². The second-order valence-corrected chi connectivity index (χ2v) is 5.68. The average molecular weight is 349 g/mol. The van der Waals surface area contributed by atoms with Crippen molar-refractivity contribution in [1.29, 1.82) is 0 Å². The maximum Gasteiger partial charge on any atom is 0.253 e. The van der Waals surface area contributed by atoms with E-state index in [2.05, 4.69) is 36.5 Å². The Hall–Kier alpha value is -1.95. The number of anilines is 2. The second kappa shape index (κ2) is 6.67. The number of aryl methyl sites for hydroxylation is 1. The van der Waals surface area contributed by atoms with Crippen LogP contribution in [0.5, 0.6) is 0 Å². The lowest BCUT2D eigenvalue weighted by molar-refractivity contribution is 0.0944. The summed E-state index contributed by atoms with van der Waals surface area (Å²) in [6.45, 7) is 5.77. The summed E-state index contributed by atoms with van der Waals surface area (Å²) in [7, 11) is 0. The Morgan fingerprint density at radius 1 is 1.29 bits per heavy atom. The minimum absolute atomic E-state index is 0.0838. The minimum atomic E-state index is -0.112. The molecular formula is C15H17BrN4O. The Morgan fingerprint density at radius 2 is 2.00 bits per heavy atom. The summed E-state index contributed by atoms with van der Waals surface area (Å²) in [5.41, 5.74) is 2.20. The number of aromatic nitrogens is 2. The van der Waals surface area contributed by atoms with Crippen LogP contribution >= 0.6 is 15.9 Å². The summed E-state index contributed by atoms with van der Waals surface area (Å²) < 4.78 is 0.500. The molecule has 1 heterocycles. The standard InChI is InChI=1S/C15H17BrN4O/c1-9(2)18-14(21)11-6-4-5-7-12(11)19-13-10(3)8-17-15(16)20-13/h4-9H,1-3H3,(H,18,21)(H,17,19,20). The molecule has 1 amide bonds. The number of para-hydroxylation sites is 1. The smallest absolute Gasteiger partial charge is 0.253 e. The summed E-state index contributed by atoms with van der Waals surface area (Å²) in [5.74, 6) is 0.556. The zero-order chi connectivity index (χ0) is 15.4. The van der Waals surface area contributed by atoms with Crippen LogP contribution < -0.4 is 10.6 Å². The molecule has 0 saturated carbocycles. The van der Waals surface area contributed by atoms with Gasteiger partial charge in [-0.1, -0.05) is 12.1 Å². The Kier molecular flexibility index (Phi) is 4.90. The summed E-state index contributed by atoms with van der Waals surface area (Å²) in [5, 5.41) is 6.08. The molecule has 0 bridgehead atoms. The van der Waals surface area contributed by atoms with Crippen molar-refractivity contribution in [1.82, 2.24) is 15.3 Å². The van der Waals surface area contributed by atoms with Gasteiger partial charge in [-0.3, -0.25) is 4.79 Å². The molecule has 1 aromatic carbocycles. The van der Waals surface area contributed by atoms with Gasteiger partial charge in [-0.05, 0) is 48.8 Å². The molecule has 2 N–H and O–H groups in total. The van der Waals surface area contributed by atoms with Crippen LogP contribution in [-0.2, 0) is 0 Å². The number of halogens is 1. The van der Waals surface area contributed by atoms with Crippen LogP contribution in [0.25, 0.3) is 0 Å². The largest absolute Gasteiger partial charge is 0.350 e. The fourth-order valence-electron chi connectivity index (χ4n) is 1.80. The van der Waals surface area contributed by atoms with Gasteiger partial charge in [0.15, 0.2) is 4.73 Å². The molecule has 2 rings (SSSR count). The molecule has 6 heteroatoms. The maximum absolute atomic E-state index is 12.2. The molecule has 0 spiro atoms. The lowest BCUT2D eigenvalue weighted by Gasteiger charge is -2.14. The summed E-state index contributed by atoms with van der Waals surface area (Å²) in [6, 6.07) is 7.43. The first-order chi connectivity index (χ1) is 9.97. The van der Waals surface area contributed by atoms with Crippen molar-refractivity contribution in [2.24, 2.45) is 0 Å². The lowest BCUT2D eigenvalue weighted by Crippen LogP contribution is -2.30. The van der Waals surface area contributed by atoms with E-state index in [0.717, 1.165) is 5.56 Å². The van der Waals surface area contributed by atoms with Gasteiger partial charge in [0.1, 0.15) is 5.82 Å². The molecule has 0 unspecified atom stereocenters. The van der Waals surface area contributed by atoms with Crippen molar-refractivity contribution in [2.75, 3.05) is 5.32 Å². The molecule has 0 fully saturated rings. The van der Waals surface area contributed by atoms with Crippen LogP contribution in [0.3, 0.4) is 0 Å². The van der Waals surface area contributed by atoms with Crippen LogP contribution in [0.1, 0.15) is 29.8 Å². The molecule has 1 aromatic heterocycles. The molecule has 0 aliphatic carbocycles. The third kappa shape index (κ3) is 4.01. The molecule has 21 heavy (non-hydrogen) atoms. The first-order valence-electron chi connectivity index (χ1n) is 6.63. The molecule has 0 saturated heterocycles. The predicted octanol–water partition coefficient (Wildman–Crippen LogP) is 3.43. The van der Waals surface area contributed by atoms with Crippen LogP contribution in [-0.4, -0.2) is 21.9 Å². The molecule has 0 radical (unpaired) electrons. The van der Waals surface area contributed by atoms with Gasteiger partial charge in [-0.15, -0.1) is 0 Å². The van der Waals surface area contributed by atoms with E-state index >= 15 is 0 Å². The molecule has 0 aliphatic heterocycles. The summed E-state index contributed by atoms with van der Waals surface area (Å²) in [4.78, 5) is 20.6. The van der Waals surface area contributed by atoms with Gasteiger partial charge < -0.3 is 10.6 Å². The van der Waals surface area contributed by atoms with E-state index in [-0.39, 0.29) is 11.9 Å². The molecule has 0 aliphatic rings. The topological polar surface area (TPSA) is 66.9 Å². The first kappa shape index (κ1) is 15.4. The highest BCUT2D eigenvalue weighted by Crippen LogP contribution is 2.22. The van der Waals surface area contributed by atoms with E-state index in [1.54, 1.807) is 12.3 Å². The second-order valence-electron chi connectivity index (χ2n) is 4.97. The zero-order valence-electron chi connectivity index (χ0n) is 12.1. The van der Waals surface area contributed by atoms with Crippen molar-refractivity contribution in [3.63, 3.8) is 0 Å². The monoisotopic (exact) mass is 348 g/mol. The first-order valence-corrected chi connectivity index (χ1v) is 7.42. The SMILES string of the molecule is Cc1cnc(Br)nc1Nc1ccccc1C(=O)NC(C)C. The van der Waals surface area contributed by atoms with Crippen molar-refractivity contribution in [3.8, 4) is 0 Å². The summed E-state index contributed by atoms with van der Waals surface area (Å²) in [6.07, 6.45) is 1.72. The normalized spacial score (nSPS) is 10.5. The fraction of sp³-hybridized carbons (Fsp3) is 0.267. The van der Waals surface area contributed by atoms with E-state index in [0.29, 0.717) is 21.8 Å². The van der Waals surface area contributed by atoms with Crippen LogP contribution in [0.15, 0.2) is 35.2 Å². The Morgan fingerprint density at radius 3 is 2.71 bits per heavy atom. The number of benzene rings is 1. The van der Waals surface area contributed by atoms with E-state index < -0.39 is 0 Å². The maximum atomic E-state index is 12.2. The lowest BCUT2D eigenvalue weighted by atomic mass is 10.1. The summed E-state index contributed by atoms with van der Waals surface area (Å²) >= 11 is 3.25. The Balaban J connectivity index is 2.32. The van der Waals surface area contributed by atoms with Gasteiger partial charge >= 0.3 is 0 Å². The molecular weight excluding hydrogens is 332 g/mol. The molecule has 0 atom stereocenters. The van der Waals surface area contributed by atoms with Crippen molar-refractivity contribution in [3.05, 3.63) is 46.3 Å². The van der Waals surface area contributed by atoms with Crippen LogP contribution in [0.2, 0.25) is 0 Å². The van der Waals surface area contributed by atoms with Crippen molar-refractivity contribution >= 4 is 33.3 Å². The van der Waals surface area contributed by atoms with E-state index in [1.807, 2.05) is 39.0 Å². The highest BCUT2D eigenvalue weighted by molar-refractivity contribution is 9.10. The van der Waals surface area contributed by atoms with Gasteiger partial charge in [0.25, 0.3) is 5.91 Å². The predicted molar refractivity (Wildman–Crippen MR) is 86.8 cm³/mol. The molecule has 110 valence electrons. The zero-order valence-corrected chi connectivity index (χ0v) is 13.7. The Bertz CT molecular complexity index is 658. The highest BCUT2D eigenvalue weighted by Gasteiger charge is 2.13. The van der Waals surface area contributed by atoms with Gasteiger partial charge in [0.05, 0.1) is 11.3 Å².